The topological polar surface area (TPSA) is 57.5 Å². The SMILES string of the molecule is CC(C)C(C)Cc1ccc(O)c(C(=O)O)c1. The van der Waals surface area contributed by atoms with Crippen molar-refractivity contribution in [2.45, 2.75) is 27.2 Å². The van der Waals surface area contributed by atoms with Gasteiger partial charge < -0.3 is 10.2 Å². The Morgan fingerprint density at radius 2 is 1.94 bits per heavy atom. The maximum atomic E-state index is 10.8. The van der Waals surface area contributed by atoms with Crippen LogP contribution >= 0.6 is 0 Å². The zero-order valence-electron chi connectivity index (χ0n) is 9.90. The van der Waals surface area contributed by atoms with E-state index in [2.05, 4.69) is 20.8 Å². The van der Waals surface area contributed by atoms with Crippen LogP contribution in [0.4, 0.5) is 0 Å². The van der Waals surface area contributed by atoms with Crippen molar-refractivity contribution in [1.82, 2.24) is 0 Å². The Morgan fingerprint density at radius 3 is 2.44 bits per heavy atom. The Balaban J connectivity index is 2.91. The monoisotopic (exact) mass is 222 g/mol. The van der Waals surface area contributed by atoms with Crippen LogP contribution in [-0.2, 0) is 6.42 Å². The lowest BCUT2D eigenvalue weighted by Crippen LogP contribution is -2.08. The molecule has 3 nitrogen and oxygen atoms in total. The van der Waals surface area contributed by atoms with Crippen molar-refractivity contribution in [3.8, 4) is 5.75 Å². The maximum Gasteiger partial charge on any atom is 0.339 e. The van der Waals surface area contributed by atoms with Gasteiger partial charge in [0.05, 0.1) is 0 Å². The summed E-state index contributed by atoms with van der Waals surface area (Å²) in [6.45, 7) is 6.42. The minimum atomic E-state index is -1.09. The van der Waals surface area contributed by atoms with Crippen LogP contribution in [0.25, 0.3) is 0 Å². The molecule has 0 amide bonds. The number of carboxylic acid groups (broad SMARTS) is 1. The lowest BCUT2D eigenvalue weighted by molar-refractivity contribution is 0.0693. The Bertz CT molecular complexity index is 383. The Hall–Kier alpha value is -1.51. The van der Waals surface area contributed by atoms with Gasteiger partial charge in [-0.05, 0) is 36.0 Å². The van der Waals surface area contributed by atoms with Crippen molar-refractivity contribution in [2.24, 2.45) is 11.8 Å². The lowest BCUT2D eigenvalue weighted by atomic mass is 9.90. The van der Waals surface area contributed by atoms with Crippen molar-refractivity contribution < 1.29 is 15.0 Å². The molecule has 0 radical (unpaired) electrons. The van der Waals surface area contributed by atoms with E-state index in [0.717, 1.165) is 12.0 Å². The van der Waals surface area contributed by atoms with Crippen LogP contribution in [0.3, 0.4) is 0 Å². The standard InChI is InChI=1S/C13H18O3/c1-8(2)9(3)6-10-4-5-12(14)11(7-10)13(15)16/h4-5,7-9,14H,6H2,1-3H3,(H,15,16). The smallest absolute Gasteiger partial charge is 0.339 e. The van der Waals surface area contributed by atoms with Crippen LogP contribution in [0.2, 0.25) is 0 Å². The number of aromatic carboxylic acids is 1. The maximum absolute atomic E-state index is 10.8. The van der Waals surface area contributed by atoms with Gasteiger partial charge in [-0.1, -0.05) is 26.8 Å². The molecule has 1 aromatic rings. The van der Waals surface area contributed by atoms with E-state index in [4.69, 9.17) is 5.11 Å². The number of hydrogen-bond acceptors (Lipinski definition) is 2. The van der Waals surface area contributed by atoms with E-state index in [1.807, 2.05) is 0 Å². The summed E-state index contributed by atoms with van der Waals surface area (Å²) in [5.41, 5.74) is 0.935. The highest BCUT2D eigenvalue weighted by Crippen LogP contribution is 2.22. The van der Waals surface area contributed by atoms with Gasteiger partial charge >= 0.3 is 5.97 Å². The molecule has 16 heavy (non-hydrogen) atoms. The second kappa shape index (κ2) is 5.01. The highest BCUT2D eigenvalue weighted by molar-refractivity contribution is 5.90. The molecule has 0 aromatic heterocycles. The molecule has 0 saturated heterocycles. The molecule has 1 rings (SSSR count). The second-order valence-electron chi connectivity index (χ2n) is 4.58. The van der Waals surface area contributed by atoms with Crippen molar-refractivity contribution in [3.05, 3.63) is 29.3 Å². The molecular formula is C13H18O3. The minimum Gasteiger partial charge on any atom is -0.507 e. The zero-order chi connectivity index (χ0) is 12.3. The Kier molecular flexibility index (Phi) is 3.93. The van der Waals surface area contributed by atoms with Gasteiger partial charge in [0.25, 0.3) is 0 Å². The highest BCUT2D eigenvalue weighted by atomic mass is 16.4. The normalized spacial score (nSPS) is 12.8. The summed E-state index contributed by atoms with van der Waals surface area (Å²) in [6, 6.07) is 4.78. The number of rotatable bonds is 4. The molecule has 1 atom stereocenters. The van der Waals surface area contributed by atoms with Crippen LogP contribution in [0.1, 0.15) is 36.7 Å². The summed E-state index contributed by atoms with van der Waals surface area (Å²) >= 11 is 0. The van der Waals surface area contributed by atoms with Gasteiger partial charge in [-0.2, -0.15) is 0 Å². The van der Waals surface area contributed by atoms with E-state index in [1.165, 1.54) is 6.07 Å². The first-order valence-electron chi connectivity index (χ1n) is 5.47. The number of carbonyl (C=O) groups is 1. The van der Waals surface area contributed by atoms with E-state index in [9.17, 15) is 9.90 Å². The Labute approximate surface area is 95.7 Å². The highest BCUT2D eigenvalue weighted by Gasteiger charge is 2.13. The molecule has 0 heterocycles. The quantitative estimate of drug-likeness (QED) is 0.823. The molecule has 0 aliphatic rings. The third kappa shape index (κ3) is 2.99. The second-order valence-corrected chi connectivity index (χ2v) is 4.58. The van der Waals surface area contributed by atoms with Crippen LogP contribution in [-0.4, -0.2) is 16.2 Å². The van der Waals surface area contributed by atoms with Crippen molar-refractivity contribution in [2.75, 3.05) is 0 Å². The minimum absolute atomic E-state index is 0.0199. The summed E-state index contributed by atoms with van der Waals surface area (Å²) < 4.78 is 0. The molecule has 2 N–H and O–H groups in total. The first-order valence-corrected chi connectivity index (χ1v) is 5.47. The van der Waals surface area contributed by atoms with E-state index >= 15 is 0 Å². The van der Waals surface area contributed by atoms with Crippen LogP contribution in [0.15, 0.2) is 18.2 Å². The van der Waals surface area contributed by atoms with Crippen molar-refractivity contribution in [3.63, 3.8) is 0 Å². The number of phenols is 1. The van der Waals surface area contributed by atoms with Crippen LogP contribution in [0, 0.1) is 11.8 Å². The van der Waals surface area contributed by atoms with Crippen molar-refractivity contribution in [1.29, 1.82) is 0 Å². The largest absolute Gasteiger partial charge is 0.507 e. The predicted molar refractivity (Wildman–Crippen MR) is 62.8 cm³/mol. The van der Waals surface area contributed by atoms with Gasteiger partial charge in [-0.25, -0.2) is 4.79 Å². The predicted octanol–water partition coefficient (Wildman–Crippen LogP) is 2.93. The summed E-state index contributed by atoms with van der Waals surface area (Å²) in [6.07, 6.45) is 0.832. The molecular weight excluding hydrogens is 204 g/mol. The molecule has 0 fully saturated rings. The first kappa shape index (κ1) is 12.6. The van der Waals surface area contributed by atoms with Gasteiger partial charge in [-0.15, -0.1) is 0 Å². The zero-order valence-corrected chi connectivity index (χ0v) is 9.90. The number of aromatic hydroxyl groups is 1. The molecule has 0 aliphatic heterocycles. The molecule has 1 unspecified atom stereocenters. The fraction of sp³-hybridized carbons (Fsp3) is 0.462. The van der Waals surface area contributed by atoms with Gasteiger partial charge in [0.2, 0.25) is 0 Å². The number of hydrogen-bond donors (Lipinski definition) is 2. The van der Waals surface area contributed by atoms with E-state index < -0.39 is 5.97 Å². The average Bonchev–Trinajstić information content (AvgIpc) is 2.20. The van der Waals surface area contributed by atoms with Gasteiger partial charge in [0.15, 0.2) is 0 Å². The summed E-state index contributed by atoms with van der Waals surface area (Å²) in [5.74, 6) is -0.210. The van der Waals surface area contributed by atoms with Gasteiger partial charge in [0.1, 0.15) is 11.3 Å². The van der Waals surface area contributed by atoms with E-state index in [-0.39, 0.29) is 11.3 Å². The fourth-order valence-electron chi connectivity index (χ4n) is 1.49. The third-order valence-corrected chi connectivity index (χ3v) is 2.99. The molecule has 88 valence electrons. The van der Waals surface area contributed by atoms with Gasteiger partial charge in [0, 0.05) is 0 Å². The van der Waals surface area contributed by atoms with Crippen LogP contribution < -0.4 is 0 Å². The Morgan fingerprint density at radius 1 is 1.31 bits per heavy atom. The molecule has 0 saturated carbocycles. The van der Waals surface area contributed by atoms with Crippen molar-refractivity contribution >= 4 is 5.97 Å². The summed E-state index contributed by atoms with van der Waals surface area (Å²) in [7, 11) is 0. The average molecular weight is 222 g/mol. The third-order valence-electron chi connectivity index (χ3n) is 2.99. The lowest BCUT2D eigenvalue weighted by Gasteiger charge is -2.15. The number of benzene rings is 1. The van der Waals surface area contributed by atoms with Gasteiger partial charge in [-0.3, -0.25) is 0 Å². The number of carboxylic acids is 1. The molecule has 0 aliphatic carbocycles. The van der Waals surface area contributed by atoms with E-state index in [0.29, 0.717) is 11.8 Å². The molecule has 1 aromatic carbocycles. The fourth-order valence-corrected chi connectivity index (χ4v) is 1.49. The summed E-state index contributed by atoms with van der Waals surface area (Å²) in [5, 5.41) is 18.2. The molecule has 0 spiro atoms. The molecule has 3 heteroatoms. The van der Waals surface area contributed by atoms with E-state index in [1.54, 1.807) is 12.1 Å². The molecule has 0 bridgehead atoms. The van der Waals surface area contributed by atoms with Crippen LogP contribution in [0.5, 0.6) is 5.75 Å². The first-order chi connectivity index (χ1) is 7.41. The summed E-state index contributed by atoms with van der Waals surface area (Å²) in [4.78, 5) is 10.8.